The Kier molecular flexibility index (Phi) is 3.39. The van der Waals surface area contributed by atoms with E-state index < -0.39 is 0 Å². The van der Waals surface area contributed by atoms with Crippen LogP contribution in [0, 0.1) is 0 Å². The number of hydrogen-bond donors (Lipinski definition) is 1. The van der Waals surface area contributed by atoms with Gasteiger partial charge in [-0.25, -0.2) is 0 Å². The fraction of sp³-hybridized carbons (Fsp3) is 0.538. The Balaban J connectivity index is 2.08. The molecule has 2 heteroatoms. The molecule has 1 N–H and O–H groups in total. The van der Waals surface area contributed by atoms with E-state index in [4.69, 9.17) is 4.74 Å². The van der Waals surface area contributed by atoms with E-state index >= 15 is 0 Å². The lowest BCUT2D eigenvalue weighted by atomic mass is 9.99. The van der Waals surface area contributed by atoms with Crippen LogP contribution in [0.1, 0.15) is 49.5 Å². The fourth-order valence-corrected chi connectivity index (χ4v) is 1.99. The summed E-state index contributed by atoms with van der Waals surface area (Å²) in [5, 5.41) is 9.39. The van der Waals surface area contributed by atoms with Gasteiger partial charge in [0, 0.05) is 6.61 Å². The van der Waals surface area contributed by atoms with Crippen molar-refractivity contribution in [3.63, 3.8) is 0 Å². The summed E-state index contributed by atoms with van der Waals surface area (Å²) in [6.45, 7) is 2.66. The fourth-order valence-electron chi connectivity index (χ4n) is 1.99. The van der Waals surface area contributed by atoms with E-state index in [1.165, 1.54) is 18.4 Å². The van der Waals surface area contributed by atoms with E-state index in [2.05, 4.69) is 12.1 Å². The SMILES string of the molecule is CC(O)c1ccc(C2CCCCO2)cc1. The Labute approximate surface area is 90.9 Å². The largest absolute Gasteiger partial charge is 0.389 e. The average Bonchev–Trinajstić information content (AvgIpc) is 2.30. The summed E-state index contributed by atoms with van der Waals surface area (Å²) in [6.07, 6.45) is 3.44. The zero-order chi connectivity index (χ0) is 10.7. The van der Waals surface area contributed by atoms with Gasteiger partial charge in [0.2, 0.25) is 0 Å². The first kappa shape index (κ1) is 10.7. The lowest BCUT2D eigenvalue weighted by molar-refractivity contribution is 0.0149. The standard InChI is InChI=1S/C13H18O2/c1-10(14)11-5-7-12(8-6-11)13-4-2-3-9-15-13/h5-8,10,13-14H,2-4,9H2,1H3. The van der Waals surface area contributed by atoms with Crippen molar-refractivity contribution < 1.29 is 9.84 Å². The highest BCUT2D eigenvalue weighted by Crippen LogP contribution is 2.28. The summed E-state index contributed by atoms with van der Waals surface area (Å²) in [5.74, 6) is 0. The Morgan fingerprint density at radius 3 is 2.53 bits per heavy atom. The predicted molar refractivity (Wildman–Crippen MR) is 59.6 cm³/mol. The smallest absolute Gasteiger partial charge is 0.0824 e. The third kappa shape index (κ3) is 2.58. The molecule has 1 aliphatic rings. The second-order valence-corrected chi connectivity index (χ2v) is 4.20. The van der Waals surface area contributed by atoms with Crippen molar-refractivity contribution >= 4 is 0 Å². The number of hydrogen-bond acceptors (Lipinski definition) is 2. The van der Waals surface area contributed by atoms with E-state index in [-0.39, 0.29) is 12.2 Å². The molecule has 2 atom stereocenters. The van der Waals surface area contributed by atoms with Crippen LogP contribution in [0.25, 0.3) is 0 Å². The van der Waals surface area contributed by atoms with Crippen LogP contribution in [0.5, 0.6) is 0 Å². The Bertz CT molecular complexity index is 297. The van der Waals surface area contributed by atoms with E-state index in [0.717, 1.165) is 18.6 Å². The molecule has 82 valence electrons. The van der Waals surface area contributed by atoms with Crippen LogP contribution in [0.2, 0.25) is 0 Å². The summed E-state index contributed by atoms with van der Waals surface area (Å²) in [6, 6.07) is 8.10. The van der Waals surface area contributed by atoms with Crippen LogP contribution in [-0.4, -0.2) is 11.7 Å². The van der Waals surface area contributed by atoms with E-state index in [9.17, 15) is 5.11 Å². The Morgan fingerprint density at radius 2 is 2.00 bits per heavy atom. The molecule has 0 bridgehead atoms. The first-order valence-electron chi connectivity index (χ1n) is 5.67. The van der Waals surface area contributed by atoms with Gasteiger partial charge >= 0.3 is 0 Å². The molecule has 15 heavy (non-hydrogen) atoms. The van der Waals surface area contributed by atoms with Gasteiger partial charge in [-0.3, -0.25) is 0 Å². The van der Waals surface area contributed by atoms with Crippen molar-refractivity contribution in [1.29, 1.82) is 0 Å². The van der Waals surface area contributed by atoms with Gasteiger partial charge in [0.25, 0.3) is 0 Å². The molecular weight excluding hydrogens is 188 g/mol. The quantitative estimate of drug-likeness (QED) is 0.806. The molecule has 2 rings (SSSR count). The molecule has 0 saturated carbocycles. The van der Waals surface area contributed by atoms with Crippen LogP contribution < -0.4 is 0 Å². The first-order valence-corrected chi connectivity index (χ1v) is 5.67. The number of ether oxygens (including phenoxy) is 1. The topological polar surface area (TPSA) is 29.5 Å². The molecule has 0 aromatic heterocycles. The van der Waals surface area contributed by atoms with Crippen molar-refractivity contribution in [1.82, 2.24) is 0 Å². The number of aliphatic hydroxyl groups excluding tert-OH is 1. The number of aliphatic hydroxyl groups is 1. The molecule has 0 amide bonds. The zero-order valence-electron chi connectivity index (χ0n) is 9.15. The van der Waals surface area contributed by atoms with Gasteiger partial charge in [-0.2, -0.15) is 0 Å². The lowest BCUT2D eigenvalue weighted by Gasteiger charge is -2.23. The van der Waals surface area contributed by atoms with Gasteiger partial charge in [0.15, 0.2) is 0 Å². The molecule has 2 unspecified atom stereocenters. The molecule has 1 saturated heterocycles. The third-order valence-electron chi connectivity index (χ3n) is 2.97. The molecule has 0 aliphatic carbocycles. The molecule has 2 nitrogen and oxygen atoms in total. The van der Waals surface area contributed by atoms with Crippen molar-refractivity contribution in [2.45, 2.75) is 38.4 Å². The van der Waals surface area contributed by atoms with E-state index in [1.807, 2.05) is 12.1 Å². The van der Waals surface area contributed by atoms with Crippen molar-refractivity contribution in [2.24, 2.45) is 0 Å². The number of benzene rings is 1. The Morgan fingerprint density at radius 1 is 1.27 bits per heavy atom. The molecule has 1 aromatic carbocycles. The average molecular weight is 206 g/mol. The van der Waals surface area contributed by atoms with Gasteiger partial charge in [-0.1, -0.05) is 24.3 Å². The number of rotatable bonds is 2. The summed E-state index contributed by atoms with van der Waals surface area (Å²) >= 11 is 0. The normalized spacial score (nSPS) is 23.7. The third-order valence-corrected chi connectivity index (χ3v) is 2.97. The summed E-state index contributed by atoms with van der Waals surface area (Å²) in [7, 11) is 0. The van der Waals surface area contributed by atoms with E-state index in [1.54, 1.807) is 6.92 Å². The molecular formula is C13H18O2. The van der Waals surface area contributed by atoms with Crippen molar-refractivity contribution in [3.8, 4) is 0 Å². The van der Waals surface area contributed by atoms with Crippen LogP contribution in [0.4, 0.5) is 0 Å². The summed E-state index contributed by atoms with van der Waals surface area (Å²) in [4.78, 5) is 0. The Hall–Kier alpha value is -0.860. The molecule has 0 spiro atoms. The molecule has 1 aliphatic heterocycles. The minimum atomic E-state index is -0.383. The van der Waals surface area contributed by atoms with E-state index in [0.29, 0.717) is 0 Å². The minimum Gasteiger partial charge on any atom is -0.389 e. The van der Waals surface area contributed by atoms with Crippen LogP contribution in [-0.2, 0) is 4.74 Å². The maximum Gasteiger partial charge on any atom is 0.0824 e. The summed E-state index contributed by atoms with van der Waals surface area (Å²) < 4.78 is 5.70. The summed E-state index contributed by atoms with van der Waals surface area (Å²) in [5.41, 5.74) is 2.20. The first-order chi connectivity index (χ1) is 7.27. The van der Waals surface area contributed by atoms with Gasteiger partial charge in [-0.05, 0) is 37.3 Å². The van der Waals surface area contributed by atoms with Crippen LogP contribution in [0.15, 0.2) is 24.3 Å². The van der Waals surface area contributed by atoms with Gasteiger partial charge < -0.3 is 9.84 Å². The maximum atomic E-state index is 9.39. The molecule has 1 fully saturated rings. The zero-order valence-corrected chi connectivity index (χ0v) is 9.15. The van der Waals surface area contributed by atoms with Crippen LogP contribution >= 0.6 is 0 Å². The van der Waals surface area contributed by atoms with Crippen LogP contribution in [0.3, 0.4) is 0 Å². The highest BCUT2D eigenvalue weighted by atomic mass is 16.5. The monoisotopic (exact) mass is 206 g/mol. The second-order valence-electron chi connectivity index (χ2n) is 4.20. The highest BCUT2D eigenvalue weighted by Gasteiger charge is 2.15. The molecule has 1 heterocycles. The van der Waals surface area contributed by atoms with Crippen molar-refractivity contribution in [3.05, 3.63) is 35.4 Å². The maximum absolute atomic E-state index is 9.39. The van der Waals surface area contributed by atoms with Gasteiger partial charge in [0.1, 0.15) is 0 Å². The highest BCUT2D eigenvalue weighted by molar-refractivity contribution is 5.25. The molecule has 0 radical (unpaired) electrons. The van der Waals surface area contributed by atoms with Gasteiger partial charge in [-0.15, -0.1) is 0 Å². The second kappa shape index (κ2) is 4.77. The minimum absolute atomic E-state index is 0.266. The molecule has 1 aromatic rings. The van der Waals surface area contributed by atoms with Crippen molar-refractivity contribution in [2.75, 3.05) is 6.61 Å². The lowest BCUT2D eigenvalue weighted by Crippen LogP contribution is -2.11. The predicted octanol–water partition coefficient (Wildman–Crippen LogP) is 2.98. The van der Waals surface area contributed by atoms with Gasteiger partial charge in [0.05, 0.1) is 12.2 Å².